The van der Waals surface area contributed by atoms with Gasteiger partial charge in [0.15, 0.2) is 0 Å². The summed E-state index contributed by atoms with van der Waals surface area (Å²) in [5.74, 6) is 0. The quantitative estimate of drug-likeness (QED) is 0.771. The molecule has 94 valence electrons. The molecular weight excluding hydrogens is 240 g/mol. The standard InChI is InChI=1S/C14H12N4O/c19-14(11-8-15-10-16-9-11)13-6-7-17-18(13)12-4-2-1-3-5-12/h1-10,14,19H. The minimum absolute atomic E-state index is 0.639. The van der Waals surface area contributed by atoms with Gasteiger partial charge in [0.25, 0.3) is 0 Å². The second kappa shape index (κ2) is 4.99. The van der Waals surface area contributed by atoms with Crippen LogP contribution in [0.5, 0.6) is 0 Å². The van der Waals surface area contributed by atoms with Gasteiger partial charge in [-0.3, -0.25) is 0 Å². The first-order valence-electron chi connectivity index (χ1n) is 5.88. The molecule has 0 saturated carbocycles. The number of nitrogens with zero attached hydrogens (tertiary/aromatic N) is 4. The van der Waals surface area contributed by atoms with E-state index in [0.29, 0.717) is 11.3 Å². The fraction of sp³-hybridized carbons (Fsp3) is 0.0714. The number of benzene rings is 1. The van der Waals surface area contributed by atoms with Crippen molar-refractivity contribution in [3.63, 3.8) is 0 Å². The second-order valence-electron chi connectivity index (χ2n) is 4.08. The van der Waals surface area contributed by atoms with Gasteiger partial charge in [-0.25, -0.2) is 14.6 Å². The van der Waals surface area contributed by atoms with E-state index in [2.05, 4.69) is 15.1 Å². The van der Waals surface area contributed by atoms with E-state index in [-0.39, 0.29) is 0 Å². The molecule has 0 saturated heterocycles. The van der Waals surface area contributed by atoms with Crippen LogP contribution < -0.4 is 0 Å². The van der Waals surface area contributed by atoms with Crippen LogP contribution >= 0.6 is 0 Å². The highest BCUT2D eigenvalue weighted by Gasteiger charge is 2.16. The molecule has 1 atom stereocenters. The zero-order valence-corrected chi connectivity index (χ0v) is 10.1. The van der Waals surface area contributed by atoms with Crippen molar-refractivity contribution in [3.8, 4) is 5.69 Å². The molecule has 1 aromatic carbocycles. The van der Waals surface area contributed by atoms with E-state index >= 15 is 0 Å². The molecule has 0 bridgehead atoms. The third-order valence-corrected chi connectivity index (χ3v) is 2.85. The van der Waals surface area contributed by atoms with Gasteiger partial charge in [-0.1, -0.05) is 18.2 Å². The molecule has 0 amide bonds. The van der Waals surface area contributed by atoms with Gasteiger partial charge in [0, 0.05) is 24.2 Å². The van der Waals surface area contributed by atoms with Gasteiger partial charge in [-0.15, -0.1) is 0 Å². The van der Waals surface area contributed by atoms with Gasteiger partial charge < -0.3 is 5.11 Å². The normalized spacial score (nSPS) is 12.3. The summed E-state index contributed by atoms with van der Waals surface area (Å²) in [6.45, 7) is 0. The fourth-order valence-electron chi connectivity index (χ4n) is 1.93. The molecule has 19 heavy (non-hydrogen) atoms. The highest BCUT2D eigenvalue weighted by Crippen LogP contribution is 2.22. The van der Waals surface area contributed by atoms with Crippen LogP contribution in [0.25, 0.3) is 5.69 Å². The molecule has 0 aliphatic heterocycles. The lowest BCUT2D eigenvalue weighted by atomic mass is 10.1. The first-order valence-corrected chi connectivity index (χ1v) is 5.88. The second-order valence-corrected chi connectivity index (χ2v) is 4.08. The molecular formula is C14H12N4O. The van der Waals surface area contributed by atoms with E-state index in [9.17, 15) is 5.11 Å². The summed E-state index contributed by atoms with van der Waals surface area (Å²) >= 11 is 0. The summed E-state index contributed by atoms with van der Waals surface area (Å²) in [7, 11) is 0. The van der Waals surface area contributed by atoms with Crippen molar-refractivity contribution in [2.75, 3.05) is 0 Å². The van der Waals surface area contributed by atoms with Crippen molar-refractivity contribution >= 4 is 0 Å². The van der Waals surface area contributed by atoms with Crippen LogP contribution in [0.4, 0.5) is 0 Å². The summed E-state index contributed by atoms with van der Waals surface area (Å²) in [5, 5.41) is 14.6. The Bertz CT molecular complexity index is 651. The maximum atomic E-state index is 10.4. The van der Waals surface area contributed by atoms with E-state index in [1.165, 1.54) is 6.33 Å². The molecule has 2 aromatic heterocycles. The van der Waals surface area contributed by atoms with Crippen LogP contribution in [0.15, 0.2) is 61.3 Å². The number of aromatic nitrogens is 4. The van der Waals surface area contributed by atoms with E-state index in [0.717, 1.165) is 5.69 Å². The highest BCUT2D eigenvalue weighted by molar-refractivity contribution is 5.34. The lowest BCUT2D eigenvalue weighted by Gasteiger charge is -2.13. The molecule has 2 heterocycles. The Morgan fingerprint density at radius 3 is 2.47 bits per heavy atom. The third-order valence-electron chi connectivity index (χ3n) is 2.85. The van der Waals surface area contributed by atoms with E-state index < -0.39 is 6.10 Å². The molecule has 5 heteroatoms. The van der Waals surface area contributed by atoms with E-state index in [1.54, 1.807) is 29.3 Å². The average Bonchev–Trinajstić information content (AvgIpc) is 2.98. The van der Waals surface area contributed by atoms with E-state index in [1.807, 2.05) is 30.3 Å². The van der Waals surface area contributed by atoms with Gasteiger partial charge in [0.2, 0.25) is 0 Å². The van der Waals surface area contributed by atoms with Crippen molar-refractivity contribution in [1.82, 2.24) is 19.7 Å². The average molecular weight is 252 g/mol. The molecule has 3 rings (SSSR count). The first-order chi connectivity index (χ1) is 9.36. The van der Waals surface area contributed by atoms with Gasteiger partial charge in [-0.05, 0) is 18.2 Å². The highest BCUT2D eigenvalue weighted by atomic mass is 16.3. The Morgan fingerprint density at radius 1 is 1.00 bits per heavy atom. The molecule has 0 radical (unpaired) electrons. The maximum Gasteiger partial charge on any atom is 0.124 e. The van der Waals surface area contributed by atoms with Crippen LogP contribution in [0.1, 0.15) is 17.4 Å². The van der Waals surface area contributed by atoms with Crippen molar-refractivity contribution in [2.45, 2.75) is 6.10 Å². The van der Waals surface area contributed by atoms with Crippen molar-refractivity contribution in [1.29, 1.82) is 0 Å². The predicted molar refractivity (Wildman–Crippen MR) is 69.7 cm³/mol. The predicted octanol–water partition coefficient (Wildman–Crippen LogP) is 1.74. The molecule has 0 aliphatic carbocycles. The Labute approximate surface area is 110 Å². The Kier molecular flexibility index (Phi) is 3.04. The summed E-state index contributed by atoms with van der Waals surface area (Å²) < 4.78 is 1.71. The van der Waals surface area contributed by atoms with Gasteiger partial charge in [-0.2, -0.15) is 5.10 Å². The molecule has 1 N–H and O–H groups in total. The topological polar surface area (TPSA) is 63.8 Å². The molecule has 1 unspecified atom stereocenters. The minimum atomic E-state index is -0.802. The zero-order valence-electron chi connectivity index (χ0n) is 10.1. The molecule has 5 nitrogen and oxygen atoms in total. The maximum absolute atomic E-state index is 10.4. The molecule has 0 aliphatic rings. The first kappa shape index (κ1) is 11.6. The number of para-hydroxylation sites is 1. The van der Waals surface area contributed by atoms with Crippen LogP contribution in [0.3, 0.4) is 0 Å². The lowest BCUT2D eigenvalue weighted by molar-refractivity contribution is 0.211. The van der Waals surface area contributed by atoms with Crippen LogP contribution in [0.2, 0.25) is 0 Å². The molecule has 3 aromatic rings. The number of rotatable bonds is 3. The van der Waals surface area contributed by atoms with Gasteiger partial charge in [0.05, 0.1) is 11.4 Å². The van der Waals surface area contributed by atoms with Gasteiger partial charge in [0.1, 0.15) is 12.4 Å². The number of hydrogen-bond acceptors (Lipinski definition) is 4. The summed E-state index contributed by atoms with van der Waals surface area (Å²) in [4.78, 5) is 7.83. The summed E-state index contributed by atoms with van der Waals surface area (Å²) in [6.07, 6.45) is 5.49. The molecule has 0 fully saturated rings. The SMILES string of the molecule is OC(c1cncnc1)c1ccnn1-c1ccccc1. The molecule has 0 spiro atoms. The minimum Gasteiger partial charge on any atom is -0.382 e. The Morgan fingerprint density at radius 2 is 1.74 bits per heavy atom. The zero-order chi connectivity index (χ0) is 13.1. The summed E-state index contributed by atoms with van der Waals surface area (Å²) in [5.41, 5.74) is 2.22. The number of aliphatic hydroxyl groups excluding tert-OH is 1. The Hall–Kier alpha value is -2.53. The van der Waals surface area contributed by atoms with E-state index in [4.69, 9.17) is 0 Å². The fourth-order valence-corrected chi connectivity index (χ4v) is 1.93. The largest absolute Gasteiger partial charge is 0.382 e. The Balaban J connectivity index is 2.01. The van der Waals surface area contributed by atoms with Crippen molar-refractivity contribution < 1.29 is 5.11 Å². The van der Waals surface area contributed by atoms with Crippen LogP contribution in [0, 0.1) is 0 Å². The lowest BCUT2D eigenvalue weighted by Crippen LogP contribution is -2.09. The van der Waals surface area contributed by atoms with Gasteiger partial charge >= 0.3 is 0 Å². The van der Waals surface area contributed by atoms with Crippen LogP contribution in [-0.4, -0.2) is 24.9 Å². The van der Waals surface area contributed by atoms with Crippen molar-refractivity contribution in [3.05, 3.63) is 72.6 Å². The van der Waals surface area contributed by atoms with Crippen LogP contribution in [-0.2, 0) is 0 Å². The van der Waals surface area contributed by atoms with Crippen molar-refractivity contribution in [2.24, 2.45) is 0 Å². The summed E-state index contributed by atoms with van der Waals surface area (Å²) in [6, 6.07) is 11.5. The number of aliphatic hydroxyl groups is 1. The monoisotopic (exact) mass is 252 g/mol. The number of hydrogen-bond donors (Lipinski definition) is 1. The smallest absolute Gasteiger partial charge is 0.124 e. The third kappa shape index (κ3) is 2.23.